The second-order valence-corrected chi connectivity index (χ2v) is 12.3. The molecule has 1 atom stereocenters. The van der Waals surface area contributed by atoms with Crippen LogP contribution < -0.4 is 0 Å². The molecule has 7 nitrogen and oxygen atoms in total. The molecule has 0 bridgehead atoms. The summed E-state index contributed by atoms with van der Waals surface area (Å²) in [6, 6.07) is 8.53. The summed E-state index contributed by atoms with van der Waals surface area (Å²) in [5.74, 6) is -0.455. The maximum atomic E-state index is 12.0. The molecule has 1 unspecified atom stereocenters. The van der Waals surface area contributed by atoms with Gasteiger partial charge in [0.25, 0.3) is 0 Å². The van der Waals surface area contributed by atoms with E-state index in [1.165, 1.54) is 0 Å². The molecule has 0 heterocycles. The van der Waals surface area contributed by atoms with Gasteiger partial charge < -0.3 is 23.2 Å². The van der Waals surface area contributed by atoms with Crippen molar-refractivity contribution in [3.8, 4) is 0 Å². The molecule has 0 radical (unpaired) electrons. The van der Waals surface area contributed by atoms with Crippen molar-refractivity contribution in [3.63, 3.8) is 0 Å². The fourth-order valence-electron chi connectivity index (χ4n) is 1.42. The Morgan fingerprint density at radius 1 is 1.18 bits per heavy atom. The molecule has 0 saturated heterocycles. The van der Waals surface area contributed by atoms with Crippen molar-refractivity contribution in [2.24, 2.45) is 0 Å². The normalized spacial score (nSPS) is 14.3. The summed E-state index contributed by atoms with van der Waals surface area (Å²) in [7, 11) is -1.61. The van der Waals surface area contributed by atoms with E-state index in [4.69, 9.17) is 21.1 Å². The van der Waals surface area contributed by atoms with E-state index in [0.717, 1.165) is 14.2 Å². The number of rotatable bonds is 9. The third-order valence-corrected chi connectivity index (χ3v) is 9.92. The molecule has 1 rings (SSSR count). The third kappa shape index (κ3) is 5.25. The molecule has 0 aliphatic carbocycles. The maximum Gasteiger partial charge on any atom is 0.410 e. The standard InChI is InChI=1S/C12H18O7P2S/c1-16-20(14,17-2)21(15,22)19-10-6-9-18-12(13)11-7-4-3-5-8-11/h3-5,7-8H,6,9-10H2,1-2H3,(H,15,22). The Morgan fingerprint density at radius 3 is 2.32 bits per heavy atom. The van der Waals surface area contributed by atoms with Gasteiger partial charge in [0.2, 0.25) is 0 Å². The van der Waals surface area contributed by atoms with Crippen LogP contribution in [-0.4, -0.2) is 38.3 Å². The van der Waals surface area contributed by atoms with Crippen molar-refractivity contribution >= 4 is 31.2 Å². The average molecular weight is 368 g/mol. The molecule has 0 spiro atoms. The number of carbonyl (C=O) groups is 1. The molecule has 0 amide bonds. The highest BCUT2D eigenvalue weighted by Crippen LogP contribution is 2.80. The first-order chi connectivity index (χ1) is 10.4. The van der Waals surface area contributed by atoms with Gasteiger partial charge in [-0.2, -0.15) is 0 Å². The van der Waals surface area contributed by atoms with E-state index in [0.29, 0.717) is 5.56 Å². The van der Waals surface area contributed by atoms with E-state index in [1.807, 2.05) is 0 Å². The highest BCUT2D eigenvalue weighted by Gasteiger charge is 2.41. The Hall–Kier alpha value is -0.590. The highest BCUT2D eigenvalue weighted by atomic mass is 32.6. The highest BCUT2D eigenvalue weighted by molar-refractivity contribution is 8.47. The largest absolute Gasteiger partial charge is 0.462 e. The van der Waals surface area contributed by atoms with Crippen LogP contribution in [0.1, 0.15) is 16.8 Å². The number of esters is 1. The quantitative estimate of drug-likeness (QED) is 0.404. The van der Waals surface area contributed by atoms with Crippen LogP contribution in [-0.2, 0) is 34.7 Å². The van der Waals surface area contributed by atoms with Crippen LogP contribution in [0.2, 0.25) is 0 Å². The second-order valence-electron chi connectivity index (χ2n) is 4.01. The van der Waals surface area contributed by atoms with E-state index in [1.54, 1.807) is 30.3 Å². The smallest absolute Gasteiger partial charge is 0.410 e. The average Bonchev–Trinajstić information content (AvgIpc) is 2.54. The van der Waals surface area contributed by atoms with Crippen LogP contribution in [0.3, 0.4) is 0 Å². The first-order valence-corrected chi connectivity index (χ1v) is 11.2. The van der Waals surface area contributed by atoms with Gasteiger partial charge in [0.05, 0.1) is 18.8 Å². The van der Waals surface area contributed by atoms with Gasteiger partial charge in [0, 0.05) is 20.6 Å². The van der Waals surface area contributed by atoms with Crippen LogP contribution in [0.25, 0.3) is 0 Å². The Balaban J connectivity index is 2.35. The Kier molecular flexibility index (Phi) is 7.86. The number of benzene rings is 1. The van der Waals surface area contributed by atoms with Gasteiger partial charge in [-0.15, -0.1) is 0 Å². The molecular weight excluding hydrogens is 350 g/mol. The first-order valence-electron chi connectivity index (χ1n) is 6.28. The summed E-state index contributed by atoms with van der Waals surface area (Å²) in [4.78, 5) is 21.5. The lowest BCUT2D eigenvalue weighted by atomic mass is 10.2. The molecule has 0 saturated carbocycles. The van der Waals surface area contributed by atoms with E-state index in [9.17, 15) is 14.3 Å². The minimum Gasteiger partial charge on any atom is -0.462 e. The van der Waals surface area contributed by atoms with Crippen molar-refractivity contribution in [3.05, 3.63) is 35.9 Å². The molecule has 0 aliphatic rings. The van der Waals surface area contributed by atoms with E-state index in [-0.39, 0.29) is 19.6 Å². The van der Waals surface area contributed by atoms with Crippen LogP contribution in [0.15, 0.2) is 30.3 Å². The van der Waals surface area contributed by atoms with Gasteiger partial charge in [-0.25, -0.2) is 9.36 Å². The zero-order valence-electron chi connectivity index (χ0n) is 12.2. The van der Waals surface area contributed by atoms with Crippen molar-refractivity contribution in [2.75, 3.05) is 27.4 Å². The van der Waals surface area contributed by atoms with Gasteiger partial charge >= 0.3 is 19.4 Å². The van der Waals surface area contributed by atoms with Gasteiger partial charge in [0.1, 0.15) is 0 Å². The monoisotopic (exact) mass is 368 g/mol. The Bertz CT molecular complexity index is 570. The fourth-order valence-corrected chi connectivity index (χ4v) is 5.82. The van der Waals surface area contributed by atoms with Crippen LogP contribution >= 0.6 is 13.5 Å². The summed E-state index contributed by atoms with van der Waals surface area (Å²) in [5, 5.41) is 0. The van der Waals surface area contributed by atoms with Crippen LogP contribution in [0.5, 0.6) is 0 Å². The third-order valence-electron chi connectivity index (χ3n) is 2.56. The fraction of sp³-hybridized carbons (Fsp3) is 0.417. The van der Waals surface area contributed by atoms with Crippen molar-refractivity contribution < 1.29 is 32.6 Å². The minimum atomic E-state index is -3.85. The summed E-state index contributed by atoms with van der Waals surface area (Å²) in [5.41, 5.74) is 0.443. The number of hydrogen-bond donors (Lipinski definition) is 1. The molecule has 1 aromatic carbocycles. The molecule has 0 aromatic heterocycles. The van der Waals surface area contributed by atoms with Crippen LogP contribution in [0, 0.1) is 0 Å². The van der Waals surface area contributed by atoms with E-state index in [2.05, 4.69) is 9.05 Å². The molecule has 0 fully saturated rings. The molecular formula is C12H18O7P2S. The van der Waals surface area contributed by atoms with Gasteiger partial charge in [-0.1, -0.05) is 18.2 Å². The maximum absolute atomic E-state index is 12.0. The van der Waals surface area contributed by atoms with Crippen molar-refractivity contribution in [1.82, 2.24) is 0 Å². The predicted octanol–water partition coefficient (Wildman–Crippen LogP) is 2.95. The Morgan fingerprint density at radius 2 is 1.77 bits per heavy atom. The van der Waals surface area contributed by atoms with E-state index < -0.39 is 19.4 Å². The summed E-state index contributed by atoms with van der Waals surface area (Å²) < 4.78 is 31.3. The lowest BCUT2D eigenvalue weighted by molar-refractivity contribution is 0.0486. The first kappa shape index (κ1) is 19.5. The lowest BCUT2D eigenvalue weighted by Gasteiger charge is -2.22. The number of carbonyl (C=O) groups excluding carboxylic acids is 1. The SMILES string of the molecule is COP(=O)(OC)P(O)(=S)OCCCOC(=O)c1ccccc1. The van der Waals surface area contributed by atoms with Crippen LogP contribution in [0.4, 0.5) is 0 Å². The summed E-state index contributed by atoms with van der Waals surface area (Å²) in [6.45, 7) is 0.0416. The van der Waals surface area contributed by atoms with Gasteiger partial charge in [-0.3, -0.25) is 0 Å². The number of ether oxygens (including phenoxy) is 1. The lowest BCUT2D eigenvalue weighted by Crippen LogP contribution is -2.08. The zero-order valence-corrected chi connectivity index (χ0v) is 14.8. The topological polar surface area (TPSA) is 91.3 Å². The zero-order chi connectivity index (χ0) is 16.6. The molecule has 1 aromatic rings. The van der Waals surface area contributed by atoms with Crippen molar-refractivity contribution in [2.45, 2.75) is 6.42 Å². The Labute approximate surface area is 134 Å². The second kappa shape index (κ2) is 8.89. The molecule has 1 N–H and O–H groups in total. The molecule has 10 heteroatoms. The molecule has 0 aliphatic heterocycles. The van der Waals surface area contributed by atoms with Crippen molar-refractivity contribution in [1.29, 1.82) is 0 Å². The summed E-state index contributed by atoms with van der Waals surface area (Å²) in [6.07, 6.45) is -3.45. The predicted molar refractivity (Wildman–Crippen MR) is 85.4 cm³/mol. The van der Waals surface area contributed by atoms with Gasteiger partial charge in [0.15, 0.2) is 0 Å². The number of hydrogen-bond acceptors (Lipinski definition) is 7. The van der Waals surface area contributed by atoms with E-state index >= 15 is 0 Å². The van der Waals surface area contributed by atoms with Gasteiger partial charge in [-0.05, 0) is 23.9 Å². The molecule has 124 valence electrons. The summed E-state index contributed by atoms with van der Waals surface area (Å²) >= 11 is 4.78. The molecule has 22 heavy (non-hydrogen) atoms. The minimum absolute atomic E-state index is 0.0352.